The van der Waals surface area contributed by atoms with Gasteiger partial charge in [0.2, 0.25) is 11.8 Å². The number of amides is 2. The first-order chi connectivity index (χ1) is 14.2. The standard InChI is InChI=1S/C21H18N6O2/c28-20(26-22-12-16-9-14-5-1-3-7-18(14)24-16)11-21(29)27-23-13-17-10-15-6-2-4-8-19(15)25-17/h1-10,12-13,24-25H,11H2,(H,26,28)(H,27,29)/b22-12+,23-13+. The molecule has 2 aromatic carbocycles. The van der Waals surface area contributed by atoms with E-state index in [2.05, 4.69) is 31.0 Å². The summed E-state index contributed by atoms with van der Waals surface area (Å²) in [4.78, 5) is 29.9. The molecule has 2 amide bonds. The average Bonchev–Trinajstić information content (AvgIpc) is 3.30. The van der Waals surface area contributed by atoms with Crippen molar-refractivity contribution in [2.45, 2.75) is 6.42 Å². The first kappa shape index (κ1) is 18.2. The highest BCUT2D eigenvalue weighted by Crippen LogP contribution is 2.14. The van der Waals surface area contributed by atoms with E-state index in [-0.39, 0.29) is 6.42 Å². The summed E-state index contributed by atoms with van der Waals surface area (Å²) >= 11 is 0. The monoisotopic (exact) mass is 386 g/mol. The van der Waals surface area contributed by atoms with Crippen molar-refractivity contribution >= 4 is 46.0 Å². The number of hydrogen-bond acceptors (Lipinski definition) is 4. The molecule has 4 rings (SSSR count). The topological polar surface area (TPSA) is 114 Å². The van der Waals surface area contributed by atoms with E-state index in [4.69, 9.17) is 0 Å². The Labute approximate surface area is 165 Å². The Morgan fingerprint density at radius 3 is 1.66 bits per heavy atom. The molecule has 0 aliphatic rings. The summed E-state index contributed by atoms with van der Waals surface area (Å²) in [5, 5.41) is 9.82. The highest BCUT2D eigenvalue weighted by Gasteiger charge is 2.07. The summed E-state index contributed by atoms with van der Waals surface area (Å²) in [5.41, 5.74) is 8.10. The van der Waals surface area contributed by atoms with Crippen molar-refractivity contribution in [1.82, 2.24) is 20.8 Å². The van der Waals surface area contributed by atoms with Gasteiger partial charge in [-0.25, -0.2) is 10.9 Å². The number of fused-ring (bicyclic) bond motifs is 2. The second-order valence-corrected chi connectivity index (χ2v) is 6.39. The predicted molar refractivity (Wildman–Crippen MR) is 113 cm³/mol. The van der Waals surface area contributed by atoms with Crippen molar-refractivity contribution < 1.29 is 9.59 Å². The van der Waals surface area contributed by atoms with Crippen molar-refractivity contribution in [2.24, 2.45) is 10.2 Å². The zero-order valence-electron chi connectivity index (χ0n) is 15.3. The minimum atomic E-state index is -0.532. The van der Waals surface area contributed by atoms with Crippen LogP contribution in [0.15, 0.2) is 70.9 Å². The maximum atomic E-state index is 11.8. The van der Waals surface area contributed by atoms with Crippen LogP contribution in [0.25, 0.3) is 21.8 Å². The third-order valence-electron chi connectivity index (χ3n) is 4.21. The van der Waals surface area contributed by atoms with E-state index >= 15 is 0 Å². The number of nitrogens with zero attached hydrogens (tertiary/aromatic N) is 2. The molecule has 4 N–H and O–H groups in total. The molecule has 0 aliphatic heterocycles. The molecular weight excluding hydrogens is 368 g/mol. The van der Waals surface area contributed by atoms with Gasteiger partial charge in [0.1, 0.15) is 6.42 Å². The lowest BCUT2D eigenvalue weighted by Crippen LogP contribution is -2.27. The largest absolute Gasteiger partial charge is 0.354 e. The van der Waals surface area contributed by atoms with Gasteiger partial charge >= 0.3 is 0 Å². The molecule has 0 atom stereocenters. The SMILES string of the molecule is O=C(CC(=O)N/N=C/c1cc2ccccc2[nH]1)N/N=C/c1cc2ccccc2[nH]1. The van der Waals surface area contributed by atoms with Crippen LogP contribution in [-0.2, 0) is 9.59 Å². The van der Waals surface area contributed by atoms with Crippen molar-refractivity contribution in [1.29, 1.82) is 0 Å². The number of aromatic amines is 2. The second kappa shape index (κ2) is 8.22. The number of hydrogen-bond donors (Lipinski definition) is 4. The highest BCUT2D eigenvalue weighted by atomic mass is 16.2. The lowest BCUT2D eigenvalue weighted by molar-refractivity contribution is -0.129. The molecule has 8 heteroatoms. The lowest BCUT2D eigenvalue weighted by Gasteiger charge is -1.98. The maximum absolute atomic E-state index is 11.8. The van der Waals surface area contributed by atoms with Gasteiger partial charge < -0.3 is 9.97 Å². The fraction of sp³-hybridized carbons (Fsp3) is 0.0476. The lowest BCUT2D eigenvalue weighted by atomic mass is 10.2. The zero-order chi connectivity index (χ0) is 20.1. The number of para-hydroxylation sites is 2. The van der Waals surface area contributed by atoms with Crippen molar-refractivity contribution in [3.8, 4) is 0 Å². The van der Waals surface area contributed by atoms with Gasteiger partial charge in [-0.15, -0.1) is 0 Å². The van der Waals surface area contributed by atoms with Gasteiger partial charge in [0.05, 0.1) is 23.8 Å². The van der Waals surface area contributed by atoms with Crippen LogP contribution in [0, 0.1) is 0 Å². The zero-order valence-corrected chi connectivity index (χ0v) is 15.3. The molecule has 8 nitrogen and oxygen atoms in total. The summed E-state index contributed by atoms with van der Waals surface area (Å²) in [6, 6.07) is 19.4. The Morgan fingerprint density at radius 1 is 0.759 bits per heavy atom. The fourth-order valence-corrected chi connectivity index (χ4v) is 2.90. The van der Waals surface area contributed by atoms with Crippen LogP contribution >= 0.6 is 0 Å². The van der Waals surface area contributed by atoms with Gasteiger partial charge in [-0.1, -0.05) is 36.4 Å². The number of nitrogens with one attached hydrogen (secondary N) is 4. The van der Waals surface area contributed by atoms with E-state index in [1.807, 2.05) is 60.7 Å². The molecule has 0 saturated carbocycles. The molecule has 29 heavy (non-hydrogen) atoms. The van der Waals surface area contributed by atoms with Crippen LogP contribution in [0.4, 0.5) is 0 Å². The summed E-state index contributed by atoms with van der Waals surface area (Å²) in [7, 11) is 0. The Bertz CT molecular complexity index is 1070. The molecule has 2 heterocycles. The molecule has 0 aliphatic carbocycles. The molecule has 0 fully saturated rings. The molecule has 0 spiro atoms. The molecular formula is C21H18N6O2. The fourth-order valence-electron chi connectivity index (χ4n) is 2.90. The van der Waals surface area contributed by atoms with Gasteiger partial charge in [-0.2, -0.15) is 10.2 Å². The van der Waals surface area contributed by atoms with Crippen molar-refractivity contribution in [2.75, 3.05) is 0 Å². The van der Waals surface area contributed by atoms with E-state index < -0.39 is 11.8 Å². The van der Waals surface area contributed by atoms with Crippen LogP contribution in [0.5, 0.6) is 0 Å². The Hall–Kier alpha value is -4.20. The van der Waals surface area contributed by atoms with Gasteiger partial charge in [-0.05, 0) is 24.3 Å². The Morgan fingerprint density at radius 2 is 1.21 bits per heavy atom. The number of H-pyrrole nitrogens is 2. The number of carbonyl (C=O) groups excluding carboxylic acids is 2. The third kappa shape index (κ3) is 4.56. The minimum absolute atomic E-state index is 0.381. The molecule has 0 radical (unpaired) electrons. The maximum Gasteiger partial charge on any atom is 0.249 e. The quantitative estimate of drug-likeness (QED) is 0.232. The van der Waals surface area contributed by atoms with Gasteiger partial charge in [-0.3, -0.25) is 9.59 Å². The van der Waals surface area contributed by atoms with E-state index in [9.17, 15) is 9.59 Å². The highest BCUT2D eigenvalue weighted by molar-refractivity contribution is 5.98. The Balaban J connectivity index is 1.25. The normalized spacial score (nSPS) is 11.6. The van der Waals surface area contributed by atoms with Gasteiger partial charge in [0, 0.05) is 21.8 Å². The van der Waals surface area contributed by atoms with Crippen molar-refractivity contribution in [3.05, 3.63) is 72.1 Å². The van der Waals surface area contributed by atoms with Gasteiger partial charge in [0.15, 0.2) is 0 Å². The third-order valence-corrected chi connectivity index (χ3v) is 4.21. The van der Waals surface area contributed by atoms with E-state index in [0.29, 0.717) is 0 Å². The number of rotatable bonds is 6. The molecule has 0 saturated heterocycles. The number of aromatic nitrogens is 2. The average molecular weight is 386 g/mol. The molecule has 2 aromatic heterocycles. The van der Waals surface area contributed by atoms with Crippen LogP contribution < -0.4 is 10.9 Å². The molecule has 144 valence electrons. The van der Waals surface area contributed by atoms with E-state index in [1.165, 1.54) is 12.4 Å². The van der Waals surface area contributed by atoms with Crippen LogP contribution in [0.3, 0.4) is 0 Å². The molecule has 4 aromatic rings. The number of carbonyl (C=O) groups is 2. The second-order valence-electron chi connectivity index (χ2n) is 6.39. The van der Waals surface area contributed by atoms with Crippen LogP contribution in [0.1, 0.15) is 17.8 Å². The summed E-state index contributed by atoms with van der Waals surface area (Å²) in [5.74, 6) is -1.06. The molecule has 0 unspecified atom stereocenters. The Kier molecular flexibility index (Phi) is 5.15. The van der Waals surface area contributed by atoms with Crippen LogP contribution in [-0.4, -0.2) is 34.2 Å². The van der Waals surface area contributed by atoms with Crippen LogP contribution in [0.2, 0.25) is 0 Å². The smallest absolute Gasteiger partial charge is 0.249 e. The van der Waals surface area contributed by atoms with E-state index in [1.54, 1.807) is 0 Å². The number of hydrazone groups is 2. The van der Waals surface area contributed by atoms with Crippen molar-refractivity contribution in [3.63, 3.8) is 0 Å². The van der Waals surface area contributed by atoms with Gasteiger partial charge in [0.25, 0.3) is 0 Å². The minimum Gasteiger partial charge on any atom is -0.354 e. The first-order valence-electron chi connectivity index (χ1n) is 8.97. The predicted octanol–water partition coefficient (Wildman–Crippen LogP) is 2.64. The number of benzene rings is 2. The summed E-state index contributed by atoms with van der Waals surface area (Å²) in [6.07, 6.45) is 2.60. The first-order valence-corrected chi connectivity index (χ1v) is 8.97. The summed E-state index contributed by atoms with van der Waals surface area (Å²) < 4.78 is 0. The van der Waals surface area contributed by atoms with E-state index in [0.717, 1.165) is 33.2 Å². The summed E-state index contributed by atoms with van der Waals surface area (Å²) in [6.45, 7) is 0. The molecule has 0 bridgehead atoms.